The van der Waals surface area contributed by atoms with E-state index in [-0.39, 0.29) is 5.57 Å². The summed E-state index contributed by atoms with van der Waals surface area (Å²) in [4.78, 5) is 11.3. The van der Waals surface area contributed by atoms with Gasteiger partial charge >= 0.3 is 5.97 Å². The Balaban J connectivity index is 3.03. The smallest absolute Gasteiger partial charge is 0.346 e. The Kier molecular flexibility index (Phi) is 3.32. The van der Waals surface area contributed by atoms with Crippen molar-refractivity contribution in [1.82, 2.24) is 0 Å². The van der Waals surface area contributed by atoms with Gasteiger partial charge in [0.2, 0.25) is 0 Å². The summed E-state index contributed by atoms with van der Waals surface area (Å²) in [5.74, 6) is -1.22. The summed E-state index contributed by atoms with van der Waals surface area (Å²) < 4.78 is 0. The van der Waals surface area contributed by atoms with Crippen molar-refractivity contribution in [2.24, 2.45) is 0 Å². The number of carboxylic acid groups (broad SMARTS) is 1. The van der Waals surface area contributed by atoms with Crippen molar-refractivity contribution in [2.75, 3.05) is 0 Å². The van der Waals surface area contributed by atoms with E-state index in [0.29, 0.717) is 5.56 Å². The van der Waals surface area contributed by atoms with E-state index in [0.717, 1.165) is 4.90 Å². The second-order valence-corrected chi connectivity index (χ2v) is 3.08. The van der Waals surface area contributed by atoms with Gasteiger partial charge in [-0.25, -0.2) is 4.79 Å². The van der Waals surface area contributed by atoms with Crippen LogP contribution in [0.1, 0.15) is 5.56 Å². The molecule has 0 bridgehead atoms. The van der Waals surface area contributed by atoms with Gasteiger partial charge in [-0.2, -0.15) is 5.26 Å². The SMILES string of the molecule is N#C/C(=C\c1ccc(S)cc1)C(=O)O. The lowest BCUT2D eigenvalue weighted by Gasteiger charge is -1.94. The lowest BCUT2D eigenvalue weighted by Crippen LogP contribution is -1.97. The number of aliphatic carboxylic acids is 1. The molecular formula is C10H7NO2S. The number of carbonyl (C=O) groups is 1. The van der Waals surface area contributed by atoms with Crippen LogP contribution in [0.3, 0.4) is 0 Å². The summed E-state index contributed by atoms with van der Waals surface area (Å²) >= 11 is 4.08. The van der Waals surface area contributed by atoms with Crippen LogP contribution >= 0.6 is 12.6 Å². The van der Waals surface area contributed by atoms with E-state index in [9.17, 15) is 4.79 Å². The van der Waals surface area contributed by atoms with Gasteiger partial charge in [-0.3, -0.25) is 0 Å². The molecule has 1 aromatic rings. The topological polar surface area (TPSA) is 61.1 Å². The second kappa shape index (κ2) is 4.49. The number of rotatable bonds is 2. The molecule has 1 aromatic carbocycles. The third kappa shape index (κ3) is 2.64. The van der Waals surface area contributed by atoms with Gasteiger partial charge in [0.15, 0.2) is 0 Å². The number of carboxylic acids is 1. The number of hydrogen-bond donors (Lipinski definition) is 2. The summed E-state index contributed by atoms with van der Waals surface area (Å²) in [6.07, 6.45) is 1.32. The number of thiol groups is 1. The highest BCUT2D eigenvalue weighted by Gasteiger charge is 2.04. The first-order chi connectivity index (χ1) is 6.63. The summed E-state index contributed by atoms with van der Waals surface area (Å²) in [7, 11) is 0. The Labute approximate surface area is 86.7 Å². The van der Waals surface area contributed by atoms with Gasteiger partial charge in [0.1, 0.15) is 11.6 Å². The van der Waals surface area contributed by atoms with Crippen LogP contribution in [0.2, 0.25) is 0 Å². The van der Waals surface area contributed by atoms with E-state index in [4.69, 9.17) is 10.4 Å². The molecule has 0 aromatic heterocycles. The zero-order chi connectivity index (χ0) is 10.6. The molecule has 0 unspecified atom stereocenters. The van der Waals surface area contributed by atoms with Crippen molar-refractivity contribution in [3.8, 4) is 6.07 Å². The van der Waals surface area contributed by atoms with Crippen LogP contribution < -0.4 is 0 Å². The van der Waals surface area contributed by atoms with E-state index in [1.807, 2.05) is 0 Å². The minimum Gasteiger partial charge on any atom is -0.477 e. The maximum atomic E-state index is 10.5. The maximum absolute atomic E-state index is 10.5. The third-order valence-corrected chi connectivity index (χ3v) is 1.85. The van der Waals surface area contributed by atoms with Crippen molar-refractivity contribution in [3.63, 3.8) is 0 Å². The molecule has 0 saturated carbocycles. The van der Waals surface area contributed by atoms with Crippen LogP contribution in [0.5, 0.6) is 0 Å². The van der Waals surface area contributed by atoms with Crippen LogP contribution in [-0.2, 0) is 4.79 Å². The van der Waals surface area contributed by atoms with Crippen LogP contribution in [0.25, 0.3) is 6.08 Å². The van der Waals surface area contributed by atoms with E-state index < -0.39 is 5.97 Å². The molecule has 1 rings (SSSR count). The van der Waals surface area contributed by atoms with Crippen LogP contribution in [0.4, 0.5) is 0 Å². The van der Waals surface area contributed by atoms with Gasteiger partial charge < -0.3 is 5.11 Å². The van der Waals surface area contributed by atoms with Crippen molar-refractivity contribution in [2.45, 2.75) is 4.90 Å². The molecule has 4 heteroatoms. The molecular weight excluding hydrogens is 198 g/mol. The molecule has 70 valence electrons. The van der Waals surface area contributed by atoms with Crippen molar-refractivity contribution in [1.29, 1.82) is 5.26 Å². The standard InChI is InChI=1S/C10H7NO2S/c11-6-8(10(12)13)5-7-1-3-9(14)4-2-7/h1-5,14H,(H,12,13)/b8-5+. The van der Waals surface area contributed by atoms with E-state index >= 15 is 0 Å². The molecule has 0 fully saturated rings. The summed E-state index contributed by atoms with van der Waals surface area (Å²) in [5, 5.41) is 17.1. The highest BCUT2D eigenvalue weighted by Crippen LogP contribution is 2.11. The van der Waals surface area contributed by atoms with Crippen LogP contribution in [-0.4, -0.2) is 11.1 Å². The van der Waals surface area contributed by atoms with Gasteiger partial charge in [0, 0.05) is 4.90 Å². The van der Waals surface area contributed by atoms with Crippen molar-refractivity contribution >= 4 is 24.7 Å². The number of nitrogens with zero attached hydrogens (tertiary/aromatic N) is 1. The third-order valence-electron chi connectivity index (χ3n) is 1.55. The van der Waals surface area contributed by atoms with Crippen LogP contribution in [0, 0.1) is 11.3 Å². The molecule has 0 heterocycles. The van der Waals surface area contributed by atoms with Gasteiger partial charge in [0.25, 0.3) is 0 Å². The number of benzene rings is 1. The predicted octanol–water partition coefficient (Wildman–Crippen LogP) is 1.97. The highest BCUT2D eigenvalue weighted by molar-refractivity contribution is 7.80. The monoisotopic (exact) mass is 205 g/mol. The highest BCUT2D eigenvalue weighted by atomic mass is 32.1. The van der Waals surface area contributed by atoms with Gasteiger partial charge in [-0.1, -0.05) is 12.1 Å². The molecule has 0 aliphatic rings. The molecule has 0 aliphatic carbocycles. The molecule has 3 nitrogen and oxygen atoms in total. The molecule has 14 heavy (non-hydrogen) atoms. The van der Waals surface area contributed by atoms with Crippen molar-refractivity contribution in [3.05, 3.63) is 35.4 Å². The molecule has 0 amide bonds. The largest absolute Gasteiger partial charge is 0.477 e. The fraction of sp³-hybridized carbons (Fsp3) is 0. The Morgan fingerprint density at radius 2 is 2.00 bits per heavy atom. The minimum atomic E-state index is -1.22. The van der Waals surface area contributed by atoms with E-state index in [1.54, 1.807) is 30.3 Å². The van der Waals surface area contributed by atoms with E-state index in [1.165, 1.54) is 6.08 Å². The quantitative estimate of drug-likeness (QED) is 0.441. The molecule has 0 saturated heterocycles. The second-order valence-electron chi connectivity index (χ2n) is 2.57. The molecule has 1 N–H and O–H groups in total. The average Bonchev–Trinajstić information content (AvgIpc) is 2.16. The average molecular weight is 205 g/mol. The van der Waals surface area contributed by atoms with Gasteiger partial charge in [-0.05, 0) is 23.8 Å². The zero-order valence-electron chi connectivity index (χ0n) is 7.14. The minimum absolute atomic E-state index is 0.281. The molecule has 0 aliphatic heterocycles. The summed E-state index contributed by atoms with van der Waals surface area (Å²) in [5.41, 5.74) is 0.388. The first-order valence-corrected chi connectivity index (χ1v) is 4.22. The lowest BCUT2D eigenvalue weighted by atomic mass is 10.1. The Morgan fingerprint density at radius 1 is 1.43 bits per heavy atom. The summed E-state index contributed by atoms with van der Waals surface area (Å²) in [6, 6.07) is 8.46. The van der Waals surface area contributed by atoms with Crippen LogP contribution in [0.15, 0.2) is 34.7 Å². The lowest BCUT2D eigenvalue weighted by molar-refractivity contribution is -0.132. The van der Waals surface area contributed by atoms with Gasteiger partial charge in [0.05, 0.1) is 0 Å². The first kappa shape index (κ1) is 10.4. The normalized spacial score (nSPS) is 10.7. The Bertz CT molecular complexity index is 415. The fourth-order valence-electron chi connectivity index (χ4n) is 0.879. The summed E-state index contributed by atoms with van der Waals surface area (Å²) in [6.45, 7) is 0. The van der Waals surface area contributed by atoms with E-state index in [2.05, 4.69) is 12.6 Å². The maximum Gasteiger partial charge on any atom is 0.346 e. The number of nitriles is 1. The Morgan fingerprint density at radius 3 is 2.43 bits per heavy atom. The van der Waals surface area contributed by atoms with Crippen molar-refractivity contribution < 1.29 is 9.90 Å². The molecule has 0 atom stereocenters. The fourth-order valence-corrected chi connectivity index (χ4v) is 1.03. The Hall–Kier alpha value is -1.73. The molecule has 0 radical (unpaired) electrons. The molecule has 0 spiro atoms. The number of hydrogen-bond acceptors (Lipinski definition) is 3. The first-order valence-electron chi connectivity index (χ1n) is 3.77. The van der Waals surface area contributed by atoms with Gasteiger partial charge in [-0.15, -0.1) is 12.6 Å². The predicted molar refractivity (Wildman–Crippen MR) is 54.9 cm³/mol. The zero-order valence-corrected chi connectivity index (χ0v) is 8.03.